The van der Waals surface area contributed by atoms with Crippen molar-refractivity contribution >= 4 is 11.6 Å². The van der Waals surface area contributed by atoms with Crippen molar-refractivity contribution in [1.29, 1.82) is 0 Å². The van der Waals surface area contributed by atoms with Crippen LogP contribution in [0.1, 0.15) is 32.8 Å². The molecule has 0 amide bonds. The van der Waals surface area contributed by atoms with Crippen molar-refractivity contribution in [1.82, 2.24) is 0 Å². The molecule has 0 aliphatic rings. The van der Waals surface area contributed by atoms with Gasteiger partial charge in [0.1, 0.15) is 5.82 Å². The third kappa shape index (κ3) is 3.44. The van der Waals surface area contributed by atoms with E-state index in [-0.39, 0.29) is 11.4 Å². The number of ether oxygens (including phenoxy) is 1. The van der Waals surface area contributed by atoms with Crippen LogP contribution in [0, 0.1) is 5.82 Å². The molecule has 0 aliphatic carbocycles. The molecule has 1 N–H and O–H groups in total. The highest BCUT2D eigenvalue weighted by molar-refractivity contribution is 6.31. The lowest BCUT2D eigenvalue weighted by Crippen LogP contribution is -2.43. The molecule has 0 aromatic heterocycles. The predicted molar refractivity (Wildman–Crippen MR) is 71.4 cm³/mol. The topological polar surface area (TPSA) is 29.5 Å². The number of aliphatic hydroxyl groups is 1. The second kappa shape index (κ2) is 6.50. The second-order valence-electron chi connectivity index (χ2n) is 4.53. The van der Waals surface area contributed by atoms with E-state index in [9.17, 15) is 9.50 Å². The lowest BCUT2D eigenvalue weighted by Gasteiger charge is -2.33. The van der Waals surface area contributed by atoms with Crippen molar-refractivity contribution in [2.24, 2.45) is 0 Å². The maximum Gasteiger partial charge on any atom is 0.142 e. The van der Waals surface area contributed by atoms with Crippen molar-refractivity contribution in [2.75, 3.05) is 6.61 Å². The van der Waals surface area contributed by atoms with Gasteiger partial charge in [-0.15, -0.1) is 0 Å². The molecule has 2 unspecified atom stereocenters. The lowest BCUT2D eigenvalue weighted by atomic mass is 9.90. The summed E-state index contributed by atoms with van der Waals surface area (Å²) in [5, 5.41) is 10.3. The minimum Gasteiger partial charge on any atom is -0.390 e. The van der Waals surface area contributed by atoms with Gasteiger partial charge in [0, 0.05) is 13.0 Å². The normalized spacial score (nSPS) is 16.3. The SMILES string of the molecule is CCOC(C)(CC)C(O)Cc1cccc(F)c1Cl. The first kappa shape index (κ1) is 15.4. The monoisotopic (exact) mass is 274 g/mol. The summed E-state index contributed by atoms with van der Waals surface area (Å²) in [6.45, 7) is 6.22. The van der Waals surface area contributed by atoms with Gasteiger partial charge in [-0.3, -0.25) is 0 Å². The first-order valence-corrected chi connectivity index (χ1v) is 6.57. The smallest absolute Gasteiger partial charge is 0.142 e. The van der Waals surface area contributed by atoms with Gasteiger partial charge in [0.25, 0.3) is 0 Å². The molecule has 1 aromatic carbocycles. The van der Waals surface area contributed by atoms with Gasteiger partial charge in [0.2, 0.25) is 0 Å². The van der Waals surface area contributed by atoms with Crippen LogP contribution in [0.2, 0.25) is 5.02 Å². The van der Waals surface area contributed by atoms with Gasteiger partial charge in [-0.25, -0.2) is 4.39 Å². The molecule has 1 aromatic rings. The number of benzene rings is 1. The molecule has 0 radical (unpaired) electrons. The van der Waals surface area contributed by atoms with Crippen molar-refractivity contribution in [3.63, 3.8) is 0 Å². The molecule has 0 saturated heterocycles. The number of hydrogen-bond donors (Lipinski definition) is 1. The van der Waals surface area contributed by atoms with E-state index < -0.39 is 17.5 Å². The van der Waals surface area contributed by atoms with Crippen LogP contribution in [0.15, 0.2) is 18.2 Å². The zero-order chi connectivity index (χ0) is 13.8. The fraction of sp³-hybridized carbons (Fsp3) is 0.571. The highest BCUT2D eigenvalue weighted by atomic mass is 35.5. The lowest BCUT2D eigenvalue weighted by molar-refractivity contribution is -0.110. The molecular weight excluding hydrogens is 255 g/mol. The van der Waals surface area contributed by atoms with Gasteiger partial charge in [0.15, 0.2) is 0 Å². The average molecular weight is 275 g/mol. The first-order valence-electron chi connectivity index (χ1n) is 6.19. The largest absolute Gasteiger partial charge is 0.390 e. The summed E-state index contributed by atoms with van der Waals surface area (Å²) in [7, 11) is 0. The maximum atomic E-state index is 13.3. The summed E-state index contributed by atoms with van der Waals surface area (Å²) in [5.74, 6) is -0.462. The minimum atomic E-state index is -0.721. The van der Waals surface area contributed by atoms with Crippen LogP contribution < -0.4 is 0 Å². The maximum absolute atomic E-state index is 13.3. The van der Waals surface area contributed by atoms with Crippen LogP contribution in [0.5, 0.6) is 0 Å². The molecule has 0 spiro atoms. The van der Waals surface area contributed by atoms with Gasteiger partial charge in [0.05, 0.1) is 16.7 Å². The van der Waals surface area contributed by atoms with E-state index in [2.05, 4.69) is 0 Å². The zero-order valence-corrected chi connectivity index (χ0v) is 11.8. The number of rotatable bonds is 6. The quantitative estimate of drug-likeness (QED) is 0.859. The Hall–Kier alpha value is -0.640. The van der Waals surface area contributed by atoms with Gasteiger partial charge >= 0.3 is 0 Å². The minimum absolute atomic E-state index is 0.0755. The van der Waals surface area contributed by atoms with E-state index in [0.717, 1.165) is 0 Å². The summed E-state index contributed by atoms with van der Waals surface area (Å²) in [4.78, 5) is 0. The third-order valence-corrected chi connectivity index (χ3v) is 3.75. The van der Waals surface area contributed by atoms with Crippen LogP contribution in [0.25, 0.3) is 0 Å². The molecule has 18 heavy (non-hydrogen) atoms. The Morgan fingerprint density at radius 1 is 1.44 bits per heavy atom. The Balaban J connectivity index is 2.86. The Morgan fingerprint density at radius 2 is 2.11 bits per heavy atom. The summed E-state index contributed by atoms with van der Waals surface area (Å²) in [6.07, 6.45) is 0.234. The van der Waals surface area contributed by atoms with E-state index >= 15 is 0 Å². The van der Waals surface area contributed by atoms with E-state index in [0.29, 0.717) is 18.6 Å². The van der Waals surface area contributed by atoms with Crippen LogP contribution >= 0.6 is 11.6 Å². The van der Waals surface area contributed by atoms with E-state index in [1.165, 1.54) is 6.07 Å². The van der Waals surface area contributed by atoms with Crippen LogP contribution in [-0.2, 0) is 11.2 Å². The summed E-state index contributed by atoms with van der Waals surface area (Å²) in [5.41, 5.74) is -0.0340. The second-order valence-corrected chi connectivity index (χ2v) is 4.91. The highest BCUT2D eigenvalue weighted by Gasteiger charge is 2.32. The summed E-state index contributed by atoms with van der Waals surface area (Å²) >= 11 is 5.88. The molecule has 1 rings (SSSR count). The van der Waals surface area contributed by atoms with Crippen LogP contribution in [0.3, 0.4) is 0 Å². The Labute approximate surface area is 113 Å². The molecule has 0 bridgehead atoms. The number of aliphatic hydroxyl groups excluding tert-OH is 1. The van der Waals surface area contributed by atoms with Crippen LogP contribution in [0.4, 0.5) is 4.39 Å². The van der Waals surface area contributed by atoms with Crippen LogP contribution in [-0.4, -0.2) is 23.4 Å². The highest BCUT2D eigenvalue weighted by Crippen LogP contribution is 2.27. The number of halogens is 2. The summed E-state index contributed by atoms with van der Waals surface area (Å²) < 4.78 is 18.9. The van der Waals surface area contributed by atoms with Crippen molar-refractivity contribution in [3.05, 3.63) is 34.6 Å². The summed E-state index contributed by atoms with van der Waals surface area (Å²) in [6, 6.07) is 4.61. The molecule has 4 heteroatoms. The first-order chi connectivity index (χ1) is 8.44. The molecule has 0 saturated carbocycles. The molecule has 0 aliphatic heterocycles. The molecule has 102 valence electrons. The van der Waals surface area contributed by atoms with Gasteiger partial charge in [-0.1, -0.05) is 30.7 Å². The van der Waals surface area contributed by atoms with Gasteiger partial charge < -0.3 is 9.84 Å². The fourth-order valence-corrected chi connectivity index (χ4v) is 2.10. The standard InChI is InChI=1S/C14H20ClFO2/c1-4-14(3,18-5-2)12(17)9-10-7-6-8-11(16)13(10)15/h6-8,12,17H,4-5,9H2,1-3H3. The van der Waals surface area contributed by atoms with Gasteiger partial charge in [-0.2, -0.15) is 0 Å². The third-order valence-electron chi connectivity index (χ3n) is 3.33. The fourth-order valence-electron chi connectivity index (χ4n) is 1.89. The van der Waals surface area contributed by atoms with E-state index in [1.807, 2.05) is 20.8 Å². The zero-order valence-electron chi connectivity index (χ0n) is 11.0. The molecule has 2 nitrogen and oxygen atoms in total. The van der Waals surface area contributed by atoms with Crippen molar-refractivity contribution in [2.45, 2.75) is 45.3 Å². The number of hydrogen-bond acceptors (Lipinski definition) is 2. The molecular formula is C14H20ClFO2. The Bertz CT molecular complexity index is 397. The molecule has 2 atom stereocenters. The van der Waals surface area contributed by atoms with E-state index in [1.54, 1.807) is 12.1 Å². The Morgan fingerprint density at radius 3 is 2.67 bits per heavy atom. The van der Waals surface area contributed by atoms with Gasteiger partial charge in [-0.05, 0) is 31.9 Å². The van der Waals surface area contributed by atoms with Crippen molar-refractivity contribution < 1.29 is 14.2 Å². The molecule has 0 fully saturated rings. The predicted octanol–water partition coefficient (Wildman–Crippen LogP) is 3.59. The Kier molecular flexibility index (Phi) is 5.57. The van der Waals surface area contributed by atoms with E-state index in [4.69, 9.17) is 16.3 Å². The molecule has 0 heterocycles. The van der Waals surface area contributed by atoms with Crippen molar-refractivity contribution in [3.8, 4) is 0 Å². The average Bonchev–Trinajstić information content (AvgIpc) is 2.35.